The van der Waals surface area contributed by atoms with Crippen molar-refractivity contribution in [2.45, 2.75) is 179 Å². The second kappa shape index (κ2) is 20.8. The lowest BCUT2D eigenvalue weighted by atomic mass is 9.77. The molecule has 1 aromatic heterocycles. The molecule has 67 heavy (non-hydrogen) atoms. The summed E-state index contributed by atoms with van der Waals surface area (Å²) in [6, 6.07) is 8.06. The van der Waals surface area contributed by atoms with Gasteiger partial charge in [-0.3, -0.25) is 4.79 Å². The molecule has 2 aromatic rings. The largest absolute Gasteiger partial charge is 0.459 e. The molecule has 4 fully saturated rings. The number of carbonyl (C=O) groups is 2. The maximum absolute atomic E-state index is 14.6. The molecular weight excluding hydrogens is 876 g/mol. The van der Waals surface area contributed by atoms with Crippen molar-refractivity contribution in [1.29, 1.82) is 0 Å². The minimum absolute atomic E-state index is 0.0114. The molecule has 2 N–H and O–H groups in total. The fraction of sp³-hybridized carbons (Fsp3) is 0.755. The number of aromatic nitrogens is 2. The maximum Gasteiger partial charge on any atom is 0.434 e. The Kier molecular flexibility index (Phi) is 16.5. The minimum atomic E-state index is -5.00. The number of cyclic esters (lactones) is 1. The highest BCUT2D eigenvalue weighted by atomic mass is 19.4. The number of halogens is 3. The summed E-state index contributed by atoms with van der Waals surface area (Å²) >= 11 is 0. The van der Waals surface area contributed by atoms with Crippen LogP contribution in [0.4, 0.5) is 19.1 Å². The Labute approximate surface area is 394 Å². The van der Waals surface area contributed by atoms with Crippen molar-refractivity contribution in [2.75, 3.05) is 45.7 Å². The van der Waals surface area contributed by atoms with E-state index in [1.165, 1.54) is 6.92 Å². The van der Waals surface area contributed by atoms with E-state index in [9.17, 15) is 33.0 Å². The molecule has 5 heterocycles. The number of carbonyl (C=O) groups excluding carboxylic acids is 2. The molecule has 0 amide bonds. The number of anilines is 1. The molecule has 4 saturated heterocycles. The molecule has 2 bridgehead atoms. The smallest absolute Gasteiger partial charge is 0.434 e. The lowest BCUT2D eigenvalue weighted by Gasteiger charge is -2.50. The molecule has 0 saturated carbocycles. The number of benzene rings is 1. The summed E-state index contributed by atoms with van der Waals surface area (Å²) in [5.41, 5.74) is -4.49. The van der Waals surface area contributed by atoms with Gasteiger partial charge in [0.1, 0.15) is 30.0 Å². The predicted molar refractivity (Wildman–Crippen MR) is 243 cm³/mol. The number of rotatable bonds is 8. The third kappa shape index (κ3) is 11.6. The predicted octanol–water partition coefficient (Wildman–Crippen LogP) is 6.27. The number of hydrogen-bond donors (Lipinski definition) is 2. The van der Waals surface area contributed by atoms with Gasteiger partial charge in [0, 0.05) is 56.7 Å². The molecule has 4 aliphatic heterocycles. The van der Waals surface area contributed by atoms with Gasteiger partial charge in [-0.05, 0) is 93.4 Å². The molecule has 0 aliphatic carbocycles. The molecule has 15 nitrogen and oxygen atoms in total. The highest BCUT2D eigenvalue weighted by Gasteiger charge is 2.58. The Hall–Kier alpha value is -3.49. The van der Waals surface area contributed by atoms with Crippen molar-refractivity contribution in [3.8, 4) is 0 Å². The summed E-state index contributed by atoms with van der Waals surface area (Å²) in [5.74, 6) is -4.97. The van der Waals surface area contributed by atoms with Crippen molar-refractivity contribution in [3.05, 3.63) is 53.3 Å². The van der Waals surface area contributed by atoms with Crippen LogP contribution in [0.15, 0.2) is 36.5 Å². The van der Waals surface area contributed by atoms with Gasteiger partial charge in [-0.2, -0.15) is 13.2 Å². The Morgan fingerprint density at radius 3 is 2.31 bits per heavy atom. The summed E-state index contributed by atoms with van der Waals surface area (Å²) < 4.78 is 83.7. The minimum Gasteiger partial charge on any atom is -0.459 e. The molecule has 376 valence electrons. The van der Waals surface area contributed by atoms with E-state index < -0.39 is 94.8 Å². The number of aliphatic hydroxyl groups is 2. The van der Waals surface area contributed by atoms with Crippen molar-refractivity contribution in [1.82, 2.24) is 19.8 Å². The van der Waals surface area contributed by atoms with Crippen LogP contribution in [0.2, 0.25) is 0 Å². The van der Waals surface area contributed by atoms with Gasteiger partial charge in [0.15, 0.2) is 11.5 Å². The van der Waals surface area contributed by atoms with E-state index in [1.807, 2.05) is 60.7 Å². The van der Waals surface area contributed by atoms with Crippen LogP contribution in [0.1, 0.15) is 116 Å². The summed E-state index contributed by atoms with van der Waals surface area (Å²) in [7, 11) is 5.92. The molecule has 4 aliphatic rings. The lowest BCUT2D eigenvalue weighted by molar-refractivity contribution is -0.314. The Morgan fingerprint density at radius 1 is 1.04 bits per heavy atom. The monoisotopic (exact) mass is 950 g/mol. The van der Waals surface area contributed by atoms with Crippen LogP contribution in [0, 0.1) is 17.8 Å². The van der Waals surface area contributed by atoms with E-state index in [2.05, 4.69) is 21.8 Å². The first-order valence-electron chi connectivity index (χ1n) is 23.9. The van der Waals surface area contributed by atoms with E-state index in [-0.39, 0.29) is 69.1 Å². The van der Waals surface area contributed by atoms with Gasteiger partial charge in [0.05, 0.1) is 42.0 Å². The van der Waals surface area contributed by atoms with E-state index in [1.54, 1.807) is 49.1 Å². The zero-order valence-electron chi connectivity index (χ0n) is 41.3. The molecule has 1 aromatic carbocycles. The molecule has 0 unspecified atom stereocenters. The van der Waals surface area contributed by atoms with Crippen LogP contribution in [0.3, 0.4) is 0 Å². The van der Waals surface area contributed by atoms with Crippen molar-refractivity contribution in [3.63, 3.8) is 0 Å². The van der Waals surface area contributed by atoms with Crippen LogP contribution in [0.5, 0.6) is 0 Å². The van der Waals surface area contributed by atoms with Gasteiger partial charge >= 0.3 is 18.1 Å². The summed E-state index contributed by atoms with van der Waals surface area (Å²) in [6.45, 7) is 17.4. The summed E-state index contributed by atoms with van der Waals surface area (Å²) in [5, 5.41) is 23.5. The number of likely N-dealkylation sites (N-methyl/N-ethyl adjacent to an activating group) is 2. The van der Waals surface area contributed by atoms with Gasteiger partial charge in [-0.15, -0.1) is 0 Å². The van der Waals surface area contributed by atoms with E-state index in [0.717, 1.165) is 12.6 Å². The standard InChI is InChI=1S/C49H74F3N5O10/c1-13-37-47(9,61)41(58)32(6)56(12)26-28(2)24-46(8)42(65-39-33(7)63-29(3)23-36(39)55(10)11)30(4)38(31(5)43(59)64-37)66-48(67-46)19-21-57(22-20-48)45-53-25-35(40(54-45)49(50,51)52)44(60)62-27-34-17-15-14-16-18-34/h14-18,25,28-33,36-39,41-42,58,61H,13,19-24,26-27H2,1-12H3/t28-,29-,30+,31-,32-,33+,36+,37-,38+,39+,41-,42-,46-,47-/m1/s1. The van der Waals surface area contributed by atoms with Crippen LogP contribution >= 0.6 is 0 Å². The number of hydrogen-bond acceptors (Lipinski definition) is 15. The van der Waals surface area contributed by atoms with Crippen molar-refractivity contribution < 1.29 is 61.4 Å². The number of esters is 2. The van der Waals surface area contributed by atoms with Crippen LogP contribution < -0.4 is 4.90 Å². The zero-order valence-corrected chi connectivity index (χ0v) is 41.3. The molecule has 18 heteroatoms. The van der Waals surface area contributed by atoms with Gasteiger partial charge in [-0.25, -0.2) is 14.8 Å². The fourth-order valence-electron chi connectivity index (χ4n) is 11.0. The van der Waals surface area contributed by atoms with Gasteiger partial charge < -0.3 is 53.3 Å². The Bertz CT molecular complexity index is 1990. The lowest BCUT2D eigenvalue weighted by Crippen LogP contribution is -2.60. The van der Waals surface area contributed by atoms with Crippen LogP contribution in [-0.4, -0.2) is 154 Å². The summed E-state index contributed by atoms with van der Waals surface area (Å²) in [6.07, 6.45) is -7.11. The van der Waals surface area contributed by atoms with E-state index >= 15 is 0 Å². The average Bonchev–Trinajstić information content (AvgIpc) is 3.34. The highest BCUT2D eigenvalue weighted by Crippen LogP contribution is 2.48. The number of piperidine rings is 1. The molecule has 6 rings (SSSR count). The highest BCUT2D eigenvalue weighted by molar-refractivity contribution is 5.90. The number of ether oxygens (including phenoxy) is 6. The van der Waals surface area contributed by atoms with Crippen LogP contribution in [-0.2, 0) is 46.0 Å². The quantitative estimate of drug-likeness (QED) is 0.284. The molecular formula is C49H74F3N5O10. The normalized spacial score (nSPS) is 37.1. The number of nitrogens with zero attached hydrogens (tertiary/aromatic N) is 5. The van der Waals surface area contributed by atoms with Gasteiger partial charge in [0.2, 0.25) is 5.95 Å². The van der Waals surface area contributed by atoms with Crippen molar-refractivity contribution in [2.24, 2.45) is 17.8 Å². The third-order valence-electron chi connectivity index (χ3n) is 14.7. The fourth-order valence-corrected chi connectivity index (χ4v) is 11.0. The molecule has 14 atom stereocenters. The van der Waals surface area contributed by atoms with E-state index in [0.29, 0.717) is 18.5 Å². The number of alkyl halides is 3. The molecule has 1 spiro atoms. The topological polar surface area (TPSA) is 165 Å². The van der Waals surface area contributed by atoms with Gasteiger partial charge in [-0.1, -0.05) is 51.1 Å². The molecule has 0 radical (unpaired) electrons. The first-order chi connectivity index (χ1) is 31.3. The average molecular weight is 950 g/mol. The number of aliphatic hydroxyl groups excluding tert-OH is 1. The summed E-state index contributed by atoms with van der Waals surface area (Å²) in [4.78, 5) is 41.5. The zero-order chi connectivity index (χ0) is 49.4. The second-order valence-corrected chi connectivity index (χ2v) is 20.5. The van der Waals surface area contributed by atoms with Crippen LogP contribution in [0.25, 0.3) is 0 Å². The third-order valence-corrected chi connectivity index (χ3v) is 14.7. The van der Waals surface area contributed by atoms with E-state index in [4.69, 9.17) is 28.4 Å². The number of fused-ring (bicyclic) bond motifs is 3. The second-order valence-electron chi connectivity index (χ2n) is 20.5. The Balaban J connectivity index is 1.39. The maximum atomic E-state index is 14.6. The first-order valence-corrected chi connectivity index (χ1v) is 23.9. The van der Waals surface area contributed by atoms with Gasteiger partial charge in [0.25, 0.3) is 0 Å². The SMILES string of the molecule is CC[C@H]1OC(=O)[C@H](C)[C@H]2OC3(CCN(c4ncc(C(=O)OCc5ccccc5)c(C(F)(F)F)n4)CC3)O[C@](C)(C[C@@H](C)CN(C)[C@H](C)[C@@H](O)[C@]1(C)O)[C@H](O[C@H]1[C@H](C)O[C@H](C)C[C@@H]1N(C)C)[C@H]2C. The van der Waals surface area contributed by atoms with Crippen molar-refractivity contribution >= 4 is 17.9 Å². The first kappa shape index (κ1) is 52.9. The Morgan fingerprint density at radius 2 is 1.70 bits per heavy atom.